The molecule has 0 spiro atoms. The fourth-order valence-electron chi connectivity index (χ4n) is 2.87. The van der Waals surface area contributed by atoms with Crippen molar-refractivity contribution < 1.29 is 19.1 Å². The molecule has 0 radical (unpaired) electrons. The van der Waals surface area contributed by atoms with Gasteiger partial charge in [0, 0.05) is 30.5 Å². The van der Waals surface area contributed by atoms with Gasteiger partial charge in [-0.2, -0.15) is 0 Å². The third-order valence-electron chi connectivity index (χ3n) is 4.60. The first kappa shape index (κ1) is 23.9. The molecule has 0 aliphatic carbocycles. The molecule has 0 heterocycles. The first-order valence-electron chi connectivity index (χ1n) is 10.3. The minimum Gasteiger partial charge on any atom is -0.491 e. The maximum Gasteiger partial charge on any atom is 0.257 e. The third-order valence-corrected chi connectivity index (χ3v) is 4.80. The number of hydrogen-bond donors (Lipinski definition) is 3. The fraction of sp³-hybridized carbons (Fsp3) is 0.160. The zero-order valence-corrected chi connectivity index (χ0v) is 19.0. The second kappa shape index (κ2) is 12.3. The monoisotopic (exact) mass is 463 g/mol. The van der Waals surface area contributed by atoms with Crippen molar-refractivity contribution in [2.75, 3.05) is 25.6 Å². The van der Waals surface area contributed by atoms with E-state index in [9.17, 15) is 9.59 Å². The van der Waals surface area contributed by atoms with Crippen LogP contribution in [0.3, 0.4) is 0 Å². The van der Waals surface area contributed by atoms with Crippen molar-refractivity contribution >= 4 is 34.8 Å². The Hall–Kier alpha value is -3.75. The Balaban J connectivity index is 1.46. The number of amides is 2. The van der Waals surface area contributed by atoms with E-state index in [2.05, 4.69) is 16.0 Å². The predicted octanol–water partition coefficient (Wildman–Crippen LogP) is 3.77. The molecule has 0 saturated carbocycles. The molecule has 3 aromatic carbocycles. The van der Waals surface area contributed by atoms with E-state index in [1.54, 1.807) is 55.6 Å². The van der Waals surface area contributed by atoms with Crippen LogP contribution in [0, 0.1) is 0 Å². The second-order valence-corrected chi connectivity index (χ2v) is 7.43. The highest BCUT2D eigenvalue weighted by molar-refractivity contribution is 7.80. The summed E-state index contributed by atoms with van der Waals surface area (Å²) in [7, 11) is 1.60. The van der Waals surface area contributed by atoms with E-state index in [-0.39, 0.29) is 16.9 Å². The molecular formula is C25H25N3O4S. The summed E-state index contributed by atoms with van der Waals surface area (Å²) in [4.78, 5) is 24.7. The maximum atomic E-state index is 12.4. The van der Waals surface area contributed by atoms with Gasteiger partial charge in [-0.3, -0.25) is 14.9 Å². The van der Waals surface area contributed by atoms with E-state index in [4.69, 9.17) is 21.7 Å². The Morgan fingerprint density at radius 1 is 0.818 bits per heavy atom. The summed E-state index contributed by atoms with van der Waals surface area (Å²) < 4.78 is 10.4. The molecule has 0 aliphatic heterocycles. The fourth-order valence-corrected chi connectivity index (χ4v) is 3.08. The maximum absolute atomic E-state index is 12.4. The molecule has 33 heavy (non-hydrogen) atoms. The smallest absolute Gasteiger partial charge is 0.257 e. The summed E-state index contributed by atoms with van der Waals surface area (Å²) in [5, 5.41) is 8.61. The van der Waals surface area contributed by atoms with Crippen LogP contribution < -0.4 is 20.7 Å². The second-order valence-electron chi connectivity index (χ2n) is 7.02. The predicted molar refractivity (Wildman–Crippen MR) is 132 cm³/mol. The topological polar surface area (TPSA) is 88.7 Å². The van der Waals surface area contributed by atoms with Crippen molar-refractivity contribution in [1.29, 1.82) is 0 Å². The van der Waals surface area contributed by atoms with Crippen molar-refractivity contribution in [3.63, 3.8) is 0 Å². The zero-order chi connectivity index (χ0) is 23.5. The number of benzene rings is 3. The first-order chi connectivity index (χ1) is 16.0. The molecule has 0 aromatic heterocycles. The Morgan fingerprint density at radius 3 is 2.12 bits per heavy atom. The van der Waals surface area contributed by atoms with Gasteiger partial charge in [0.25, 0.3) is 11.8 Å². The molecule has 7 nitrogen and oxygen atoms in total. The number of hydrogen-bond acceptors (Lipinski definition) is 5. The molecule has 0 atom stereocenters. The summed E-state index contributed by atoms with van der Waals surface area (Å²) in [5.41, 5.74) is 2.66. The zero-order valence-electron chi connectivity index (χ0n) is 18.2. The van der Waals surface area contributed by atoms with Crippen molar-refractivity contribution in [2.24, 2.45) is 0 Å². The van der Waals surface area contributed by atoms with Crippen molar-refractivity contribution in [2.45, 2.75) is 6.54 Å². The van der Waals surface area contributed by atoms with Crippen molar-refractivity contribution in [3.05, 3.63) is 95.6 Å². The molecule has 170 valence electrons. The summed E-state index contributed by atoms with van der Waals surface area (Å²) in [6.07, 6.45) is 0. The minimum absolute atomic E-state index is 0.154. The van der Waals surface area contributed by atoms with Gasteiger partial charge in [-0.1, -0.05) is 30.3 Å². The van der Waals surface area contributed by atoms with Crippen LogP contribution in [-0.2, 0) is 11.3 Å². The number of carbonyl (C=O) groups is 2. The molecule has 0 unspecified atom stereocenters. The van der Waals surface area contributed by atoms with Gasteiger partial charge in [0.15, 0.2) is 5.11 Å². The number of ether oxygens (including phenoxy) is 2. The van der Waals surface area contributed by atoms with Gasteiger partial charge in [0.05, 0.1) is 6.61 Å². The lowest BCUT2D eigenvalue weighted by molar-refractivity contribution is 0.0948. The summed E-state index contributed by atoms with van der Waals surface area (Å²) in [6.45, 7) is 1.38. The molecule has 3 N–H and O–H groups in total. The lowest BCUT2D eigenvalue weighted by Crippen LogP contribution is -2.34. The van der Waals surface area contributed by atoms with Crippen molar-refractivity contribution in [3.8, 4) is 5.75 Å². The number of nitrogens with one attached hydrogen (secondary N) is 3. The van der Waals surface area contributed by atoms with Gasteiger partial charge in [0.1, 0.15) is 12.4 Å². The Kier molecular flexibility index (Phi) is 8.93. The quantitative estimate of drug-likeness (QED) is 0.331. The van der Waals surface area contributed by atoms with E-state index >= 15 is 0 Å². The van der Waals surface area contributed by atoms with Gasteiger partial charge < -0.3 is 20.1 Å². The minimum atomic E-state index is -0.340. The molecule has 0 aliphatic rings. The number of anilines is 1. The van der Waals surface area contributed by atoms with Crippen LogP contribution >= 0.6 is 12.2 Å². The Bertz CT molecular complexity index is 1070. The number of carbonyl (C=O) groups excluding carboxylic acids is 2. The van der Waals surface area contributed by atoms with Crippen LogP contribution in [-0.4, -0.2) is 37.3 Å². The Morgan fingerprint density at radius 2 is 1.45 bits per heavy atom. The van der Waals surface area contributed by atoms with Crippen LogP contribution in [0.4, 0.5) is 5.69 Å². The van der Waals surface area contributed by atoms with Gasteiger partial charge in [0.2, 0.25) is 0 Å². The first-order valence-corrected chi connectivity index (χ1v) is 10.7. The number of rotatable bonds is 9. The van der Waals surface area contributed by atoms with Crippen LogP contribution in [0.1, 0.15) is 26.3 Å². The summed E-state index contributed by atoms with van der Waals surface area (Å²) in [5.74, 6) is 0.140. The lowest BCUT2D eigenvalue weighted by Gasteiger charge is -2.11. The molecule has 2 amide bonds. The van der Waals surface area contributed by atoms with Gasteiger partial charge in [-0.05, 0) is 66.3 Å². The summed E-state index contributed by atoms with van der Waals surface area (Å²) >= 11 is 5.23. The normalized spacial score (nSPS) is 10.2. The molecule has 0 fully saturated rings. The van der Waals surface area contributed by atoms with Crippen LogP contribution in [0.15, 0.2) is 78.9 Å². The molecular weight excluding hydrogens is 438 g/mol. The van der Waals surface area contributed by atoms with E-state index in [1.807, 2.05) is 30.3 Å². The van der Waals surface area contributed by atoms with Crippen molar-refractivity contribution in [1.82, 2.24) is 10.6 Å². The highest BCUT2D eigenvalue weighted by Crippen LogP contribution is 2.13. The largest absolute Gasteiger partial charge is 0.491 e. The molecule has 3 aromatic rings. The van der Waals surface area contributed by atoms with Gasteiger partial charge in [-0.15, -0.1) is 0 Å². The van der Waals surface area contributed by atoms with Crippen LogP contribution in [0.2, 0.25) is 0 Å². The lowest BCUT2D eigenvalue weighted by atomic mass is 10.1. The SMILES string of the molecule is COCCOc1ccc(C(=O)NC(=S)Nc2ccc(C(=O)NCc3ccccc3)cc2)cc1. The molecule has 8 heteroatoms. The van der Waals surface area contributed by atoms with Gasteiger partial charge in [-0.25, -0.2) is 0 Å². The van der Waals surface area contributed by atoms with Gasteiger partial charge >= 0.3 is 0 Å². The summed E-state index contributed by atoms with van der Waals surface area (Å²) in [6, 6.07) is 23.3. The molecule has 0 saturated heterocycles. The number of thiocarbonyl (C=S) groups is 1. The van der Waals surface area contributed by atoms with E-state index in [0.717, 1.165) is 5.56 Å². The highest BCUT2D eigenvalue weighted by Gasteiger charge is 2.09. The van der Waals surface area contributed by atoms with Crippen LogP contribution in [0.25, 0.3) is 0 Å². The number of methoxy groups -OCH3 is 1. The van der Waals surface area contributed by atoms with Crippen LogP contribution in [0.5, 0.6) is 5.75 Å². The molecule has 3 rings (SSSR count). The average Bonchev–Trinajstić information content (AvgIpc) is 2.84. The van der Waals surface area contributed by atoms with E-state index in [1.165, 1.54) is 0 Å². The third kappa shape index (κ3) is 7.71. The standard InChI is InChI=1S/C25H25N3O4S/c1-31-15-16-32-22-13-9-20(10-14-22)24(30)28-25(33)27-21-11-7-19(8-12-21)23(29)26-17-18-5-3-2-4-6-18/h2-14H,15-17H2,1H3,(H,26,29)(H2,27,28,30,33). The van der Waals surface area contributed by atoms with E-state index < -0.39 is 0 Å². The molecule has 0 bridgehead atoms. The van der Waals surface area contributed by atoms with E-state index in [0.29, 0.717) is 42.3 Å². The average molecular weight is 464 g/mol. The highest BCUT2D eigenvalue weighted by atomic mass is 32.1. The Labute approximate surface area is 198 Å².